The first kappa shape index (κ1) is 16.1. The summed E-state index contributed by atoms with van der Waals surface area (Å²) in [5.41, 5.74) is 3.97. The van der Waals surface area contributed by atoms with Gasteiger partial charge in [0.05, 0.1) is 24.1 Å². The molecule has 6 heteroatoms. The number of amides is 3. The van der Waals surface area contributed by atoms with Crippen LogP contribution in [0.5, 0.6) is 0 Å². The summed E-state index contributed by atoms with van der Waals surface area (Å²) >= 11 is 0. The van der Waals surface area contributed by atoms with Gasteiger partial charge in [0.1, 0.15) is 0 Å². The Morgan fingerprint density at radius 1 is 0.962 bits per heavy atom. The Morgan fingerprint density at radius 2 is 1.81 bits per heavy atom. The van der Waals surface area contributed by atoms with Crippen molar-refractivity contribution in [2.75, 3.05) is 17.2 Å². The summed E-state index contributed by atoms with van der Waals surface area (Å²) in [5.74, 6) is -0.312. The van der Waals surface area contributed by atoms with E-state index in [9.17, 15) is 9.59 Å². The van der Waals surface area contributed by atoms with Crippen LogP contribution in [0.1, 0.15) is 11.1 Å². The first-order valence-electron chi connectivity index (χ1n) is 8.49. The lowest BCUT2D eigenvalue weighted by atomic mass is 10.0. The first-order valence-corrected chi connectivity index (χ1v) is 8.49. The minimum absolute atomic E-state index is 0.123. The lowest BCUT2D eigenvalue weighted by molar-refractivity contribution is -0.115. The monoisotopic (exact) mass is 346 g/mol. The van der Waals surface area contributed by atoms with Crippen LogP contribution < -0.4 is 16.0 Å². The number of nitrogens with zero attached hydrogens (tertiary/aromatic N) is 1. The fourth-order valence-electron chi connectivity index (χ4n) is 3.32. The van der Waals surface area contributed by atoms with Gasteiger partial charge in [0.15, 0.2) is 0 Å². The Labute approximate surface area is 150 Å². The Morgan fingerprint density at radius 3 is 2.62 bits per heavy atom. The molecule has 3 N–H and O–H groups in total. The highest BCUT2D eigenvalue weighted by Gasteiger charge is 2.16. The van der Waals surface area contributed by atoms with Crippen molar-refractivity contribution in [3.8, 4) is 0 Å². The van der Waals surface area contributed by atoms with E-state index < -0.39 is 6.03 Å². The normalized spacial score (nSPS) is 12.0. The summed E-state index contributed by atoms with van der Waals surface area (Å²) in [6, 6.07) is 13.2. The molecule has 1 aliphatic carbocycles. The number of rotatable bonds is 4. The second-order valence-corrected chi connectivity index (χ2v) is 6.21. The number of hydrogen-bond donors (Lipinski definition) is 3. The third-order valence-electron chi connectivity index (χ3n) is 4.48. The van der Waals surface area contributed by atoms with E-state index in [-0.39, 0.29) is 12.5 Å². The summed E-state index contributed by atoms with van der Waals surface area (Å²) in [6.45, 7) is -0.123. The van der Waals surface area contributed by atoms with Crippen LogP contribution in [-0.2, 0) is 17.6 Å². The molecule has 0 atom stereocenters. The van der Waals surface area contributed by atoms with Gasteiger partial charge in [0.25, 0.3) is 0 Å². The second-order valence-electron chi connectivity index (χ2n) is 6.21. The largest absolute Gasteiger partial charge is 0.329 e. The lowest BCUT2D eigenvalue weighted by Gasteiger charge is -2.11. The maximum atomic E-state index is 12.2. The van der Waals surface area contributed by atoms with Crippen LogP contribution in [0.4, 0.5) is 16.2 Å². The summed E-state index contributed by atoms with van der Waals surface area (Å²) in [6.07, 6.45) is 5.25. The number of benzene rings is 2. The topological polar surface area (TPSA) is 83.1 Å². The summed E-state index contributed by atoms with van der Waals surface area (Å²) in [7, 11) is 0. The number of aromatic nitrogens is 1. The average Bonchev–Trinajstić information content (AvgIpc) is 3.08. The van der Waals surface area contributed by atoms with Gasteiger partial charge >= 0.3 is 6.03 Å². The fraction of sp³-hybridized carbons (Fsp3) is 0.150. The number of carbonyl (C=O) groups is 2. The van der Waals surface area contributed by atoms with E-state index in [4.69, 9.17) is 0 Å². The van der Waals surface area contributed by atoms with E-state index in [1.807, 2.05) is 18.2 Å². The van der Waals surface area contributed by atoms with E-state index in [0.29, 0.717) is 5.69 Å². The third-order valence-corrected chi connectivity index (χ3v) is 4.48. The minimum Gasteiger partial charge on any atom is -0.329 e. The van der Waals surface area contributed by atoms with E-state index in [0.717, 1.165) is 23.9 Å². The molecule has 4 rings (SSSR count). The molecule has 2 aromatic carbocycles. The molecule has 0 saturated heterocycles. The molecule has 6 nitrogen and oxygen atoms in total. The maximum Gasteiger partial charge on any atom is 0.319 e. The Bertz CT molecular complexity index is 976. The Kier molecular flexibility index (Phi) is 4.23. The standard InChI is InChI=1S/C20H18N4O2/c25-18(23-15-4-2-10-21-11-15)12-22-20(26)24-17-9-8-14-7-6-13-3-1-5-16(17)19(13)14/h1-5,8-11H,6-7,12H2,(H,23,25)(H2,22,24,26). The van der Waals surface area contributed by atoms with Crippen molar-refractivity contribution in [1.29, 1.82) is 0 Å². The van der Waals surface area contributed by atoms with Crippen LogP contribution in [0.3, 0.4) is 0 Å². The summed E-state index contributed by atoms with van der Waals surface area (Å²) in [4.78, 5) is 28.0. The Hall–Kier alpha value is -3.41. The Balaban J connectivity index is 1.40. The van der Waals surface area contributed by atoms with Gasteiger partial charge in [-0.3, -0.25) is 9.78 Å². The van der Waals surface area contributed by atoms with Crippen molar-refractivity contribution >= 4 is 34.1 Å². The molecule has 0 aliphatic heterocycles. The van der Waals surface area contributed by atoms with Crippen molar-refractivity contribution in [3.05, 3.63) is 66.0 Å². The molecule has 3 amide bonds. The van der Waals surface area contributed by atoms with E-state index in [2.05, 4.69) is 33.1 Å². The van der Waals surface area contributed by atoms with Crippen LogP contribution in [0.15, 0.2) is 54.9 Å². The number of hydrogen-bond acceptors (Lipinski definition) is 3. The van der Waals surface area contributed by atoms with E-state index in [1.54, 1.807) is 24.5 Å². The molecule has 1 aromatic heterocycles. The van der Waals surface area contributed by atoms with Crippen LogP contribution in [-0.4, -0.2) is 23.5 Å². The zero-order valence-corrected chi connectivity index (χ0v) is 14.1. The quantitative estimate of drug-likeness (QED) is 0.679. The number of nitrogens with one attached hydrogen (secondary N) is 3. The molecule has 26 heavy (non-hydrogen) atoms. The third kappa shape index (κ3) is 3.21. The molecule has 130 valence electrons. The van der Waals surface area contributed by atoms with Gasteiger partial charge in [0, 0.05) is 11.6 Å². The van der Waals surface area contributed by atoms with Gasteiger partial charge < -0.3 is 16.0 Å². The van der Waals surface area contributed by atoms with Gasteiger partial charge in [-0.1, -0.05) is 24.3 Å². The van der Waals surface area contributed by atoms with Crippen molar-refractivity contribution < 1.29 is 9.59 Å². The molecular weight excluding hydrogens is 328 g/mol. The molecule has 0 saturated carbocycles. The average molecular weight is 346 g/mol. The van der Waals surface area contributed by atoms with Crippen LogP contribution >= 0.6 is 0 Å². The molecule has 3 aromatic rings. The van der Waals surface area contributed by atoms with Crippen LogP contribution in [0, 0.1) is 0 Å². The van der Waals surface area contributed by atoms with Crippen molar-refractivity contribution in [2.45, 2.75) is 12.8 Å². The van der Waals surface area contributed by atoms with Crippen molar-refractivity contribution in [2.24, 2.45) is 0 Å². The number of aryl methyl sites for hydroxylation is 2. The minimum atomic E-state index is -0.412. The highest BCUT2D eigenvalue weighted by molar-refractivity contribution is 6.05. The highest BCUT2D eigenvalue weighted by Crippen LogP contribution is 2.34. The number of pyridine rings is 1. The smallest absolute Gasteiger partial charge is 0.319 e. The maximum absolute atomic E-state index is 12.2. The summed E-state index contributed by atoms with van der Waals surface area (Å²) < 4.78 is 0. The molecule has 0 unspecified atom stereocenters. The van der Waals surface area contributed by atoms with Gasteiger partial charge in [-0.2, -0.15) is 0 Å². The van der Waals surface area contributed by atoms with E-state index in [1.165, 1.54) is 16.5 Å². The van der Waals surface area contributed by atoms with Crippen LogP contribution in [0.2, 0.25) is 0 Å². The first-order chi connectivity index (χ1) is 12.7. The zero-order chi connectivity index (χ0) is 17.9. The summed E-state index contributed by atoms with van der Waals surface area (Å²) in [5, 5.41) is 10.4. The number of carbonyl (C=O) groups excluding carboxylic acids is 2. The van der Waals surface area contributed by atoms with Gasteiger partial charge in [-0.25, -0.2) is 4.79 Å². The molecule has 1 heterocycles. The number of urea groups is 1. The van der Waals surface area contributed by atoms with Crippen LogP contribution in [0.25, 0.3) is 10.8 Å². The van der Waals surface area contributed by atoms with Gasteiger partial charge in [0.2, 0.25) is 5.91 Å². The van der Waals surface area contributed by atoms with Crippen molar-refractivity contribution in [1.82, 2.24) is 10.3 Å². The molecule has 0 spiro atoms. The lowest BCUT2D eigenvalue weighted by Crippen LogP contribution is -2.35. The SMILES string of the molecule is O=C(CNC(=O)Nc1ccc2c3c(cccc13)CC2)Nc1cccnc1. The van der Waals surface area contributed by atoms with Crippen molar-refractivity contribution in [3.63, 3.8) is 0 Å². The predicted octanol–water partition coefficient (Wildman–Crippen LogP) is 3.09. The molecular formula is C20H18N4O2. The van der Waals surface area contributed by atoms with E-state index >= 15 is 0 Å². The fourth-order valence-corrected chi connectivity index (χ4v) is 3.32. The molecule has 1 aliphatic rings. The molecule has 0 bridgehead atoms. The zero-order valence-electron chi connectivity index (χ0n) is 14.1. The predicted molar refractivity (Wildman–Crippen MR) is 101 cm³/mol. The number of anilines is 2. The van der Waals surface area contributed by atoms with Gasteiger partial charge in [-0.15, -0.1) is 0 Å². The van der Waals surface area contributed by atoms with Gasteiger partial charge in [-0.05, 0) is 47.6 Å². The molecule has 0 fully saturated rings. The highest BCUT2D eigenvalue weighted by atomic mass is 16.2. The molecule has 0 radical (unpaired) electrons. The second kappa shape index (κ2) is 6.84.